The fraction of sp³-hybridized carbons (Fsp3) is 0. The Labute approximate surface area is 442 Å². The molecule has 0 heterocycles. The molecule has 0 aromatic heterocycles. The predicted molar refractivity (Wildman–Crippen MR) is 2.91 cm³/mol. The fourth-order valence-electron chi connectivity index (χ4n) is 0. The molecular weight excluding hydrogens is 1280 g/mol. The van der Waals surface area contributed by atoms with Crippen LogP contribution in [0, 0.1) is 0 Å². The number of hydrogen-bond acceptors (Lipinski definition) is 1. The SMILES string of the molecule is [O]=[Y][OH].[Y].[Y].[Y].[Y].[Y].[Y].[Y].[Y].[Y].[Y].[Y].[Y].[Y]. The van der Waals surface area contributed by atoms with Crippen molar-refractivity contribution in [2.24, 2.45) is 0 Å². The molecule has 0 rings (SSSR count). The first-order chi connectivity index (χ1) is 1.41. The summed E-state index contributed by atoms with van der Waals surface area (Å²) in [6.07, 6.45) is 0. The van der Waals surface area contributed by atoms with E-state index in [1.807, 2.05) is 0 Å². The molecule has 0 bridgehead atoms. The van der Waals surface area contributed by atoms with Gasteiger partial charge in [-0.1, -0.05) is 0 Å². The summed E-state index contributed by atoms with van der Waals surface area (Å²) in [6, 6.07) is 0. The van der Waals surface area contributed by atoms with E-state index in [9.17, 15) is 0 Å². The van der Waals surface area contributed by atoms with Gasteiger partial charge in [-0.2, -0.15) is 0 Å². The zero-order valence-corrected chi connectivity index (χ0v) is 48.7. The van der Waals surface area contributed by atoms with Gasteiger partial charge in [-0.15, -0.1) is 0 Å². The zero-order chi connectivity index (χ0) is 2.71. The molecule has 0 spiro atoms. The van der Waals surface area contributed by atoms with E-state index in [0.29, 0.717) is 0 Å². The van der Waals surface area contributed by atoms with Crippen LogP contribution < -0.4 is 0 Å². The van der Waals surface area contributed by atoms with Crippen LogP contribution in [0.3, 0.4) is 0 Å². The summed E-state index contributed by atoms with van der Waals surface area (Å²) in [4.78, 5) is 0. The van der Waals surface area contributed by atoms with Gasteiger partial charge in [0.25, 0.3) is 0 Å². The summed E-state index contributed by atoms with van der Waals surface area (Å²) in [5, 5.41) is 0. The van der Waals surface area contributed by atoms with Gasteiger partial charge in [-0.3, -0.25) is 0 Å². The molecule has 16 heavy (non-hydrogen) atoms. The van der Waals surface area contributed by atoms with Gasteiger partial charge in [0.2, 0.25) is 0 Å². The zero-order valence-electron chi connectivity index (χ0n) is 8.94. The Hall–Kier alpha value is 15.2. The van der Waals surface area contributed by atoms with Gasteiger partial charge >= 0.3 is 34.2 Å². The van der Waals surface area contributed by atoms with Gasteiger partial charge in [0.15, 0.2) is 0 Å². The largest absolute Gasteiger partial charge is 0 e. The van der Waals surface area contributed by atoms with Crippen molar-refractivity contribution >= 4 is 0 Å². The minimum absolute atomic E-state index is 0. The summed E-state index contributed by atoms with van der Waals surface area (Å²) < 4.78 is 15.9. The van der Waals surface area contributed by atoms with Crippen molar-refractivity contribution in [3.8, 4) is 0 Å². The van der Waals surface area contributed by atoms with E-state index in [1.165, 1.54) is 0 Å². The third kappa shape index (κ3) is 100. The molecule has 55 valence electrons. The van der Waals surface area contributed by atoms with Crippen LogP contribution in [0.4, 0.5) is 0 Å². The molecular formula is HO2Y14. The topological polar surface area (TPSA) is 37.3 Å². The van der Waals surface area contributed by atoms with E-state index in [1.54, 1.807) is 0 Å². The first kappa shape index (κ1) is 96.2. The fourth-order valence-corrected chi connectivity index (χ4v) is 0. The summed E-state index contributed by atoms with van der Waals surface area (Å²) in [6.45, 7) is 0. The Bertz CT molecular complexity index is 16.2. The first-order valence-corrected chi connectivity index (χ1v) is 2.92. The quantitative estimate of drug-likeness (QED) is 0.349. The van der Waals surface area contributed by atoms with E-state index < -0.39 is 29.8 Å². The van der Waals surface area contributed by atoms with Crippen molar-refractivity contribution in [1.29, 1.82) is 0 Å². The molecule has 0 saturated heterocycles. The standard InChI is InChI=1S/H2O.O.14Y/h1H2;;;;;;;;;;;;;;;/q;;;;;;;;;;;;;;;+1/p-1. The molecule has 0 amide bonds. The maximum absolute atomic E-state index is 8.68. The smallest absolute Gasteiger partial charge is 0 e. The van der Waals surface area contributed by atoms with Crippen LogP contribution in [0.1, 0.15) is 0 Å². The Morgan fingerprint density at radius 3 is 0.438 bits per heavy atom. The summed E-state index contributed by atoms with van der Waals surface area (Å²) >= 11 is -2.14. The van der Waals surface area contributed by atoms with E-state index in [2.05, 4.69) is 0 Å². The molecule has 0 aromatic rings. The van der Waals surface area contributed by atoms with Gasteiger partial charge < -0.3 is 0 Å². The maximum Gasteiger partial charge on any atom is 0 e. The molecule has 1 N–H and O–H groups in total. The van der Waals surface area contributed by atoms with Crippen LogP contribution in [0.25, 0.3) is 0 Å². The molecule has 0 aliphatic rings. The minimum atomic E-state index is -2.14. The second-order valence-corrected chi connectivity index (χ2v) is 0.624. The maximum atomic E-state index is 8.68. The normalized spacial score (nSPS) is 0.562. The van der Waals surface area contributed by atoms with Crippen LogP contribution >= 0.6 is 0 Å². The Morgan fingerprint density at radius 1 is 0.438 bits per heavy atom. The van der Waals surface area contributed by atoms with Crippen molar-refractivity contribution in [3.05, 3.63) is 0 Å². The van der Waals surface area contributed by atoms with Crippen LogP contribution in [-0.4, -0.2) is 2.42 Å². The Morgan fingerprint density at radius 2 is 0.438 bits per heavy atom. The minimum Gasteiger partial charge on any atom is 0 e. The molecule has 0 atom stereocenters. The molecule has 0 saturated carbocycles. The van der Waals surface area contributed by atoms with Crippen molar-refractivity contribution < 1.29 is 459 Å². The van der Waals surface area contributed by atoms with Gasteiger partial charge in [-0.25, -0.2) is 0 Å². The molecule has 0 aliphatic heterocycles. The van der Waals surface area contributed by atoms with Crippen LogP contribution in [-0.2, 0) is 457 Å². The van der Waals surface area contributed by atoms with Crippen molar-refractivity contribution in [3.63, 3.8) is 0 Å². The molecule has 0 aliphatic carbocycles. The Balaban J connectivity index is -0.000000000256. The molecule has 2 nitrogen and oxygen atoms in total. The summed E-state index contributed by atoms with van der Waals surface area (Å²) in [5.41, 5.74) is 0. The Kier molecular flexibility index (Phi) is 589. The van der Waals surface area contributed by atoms with Gasteiger partial charge in [0, 0.05) is 425 Å². The van der Waals surface area contributed by atoms with E-state index in [-0.39, 0.29) is 425 Å². The van der Waals surface area contributed by atoms with Gasteiger partial charge in [0.05, 0.1) is 0 Å². The third-order valence-corrected chi connectivity index (χ3v) is 0. The number of rotatable bonds is 0. The molecule has 16 heteroatoms. The van der Waals surface area contributed by atoms with Crippen LogP contribution in [0.5, 0.6) is 0 Å². The van der Waals surface area contributed by atoms with Crippen molar-refractivity contribution in [2.45, 2.75) is 0 Å². The van der Waals surface area contributed by atoms with E-state index in [0.717, 1.165) is 0 Å². The number of hydrogen-bond donors (Lipinski definition) is 1. The van der Waals surface area contributed by atoms with Crippen molar-refractivity contribution in [1.82, 2.24) is 0 Å². The van der Waals surface area contributed by atoms with E-state index >= 15 is 0 Å². The summed E-state index contributed by atoms with van der Waals surface area (Å²) in [5.74, 6) is 0. The monoisotopic (exact) mass is 1280 g/mol. The first-order valence-electron chi connectivity index (χ1n) is 0.494. The second kappa shape index (κ2) is 98.1. The second-order valence-electron chi connectivity index (χ2n) is 0.105. The van der Waals surface area contributed by atoms with Gasteiger partial charge in [-0.05, 0) is 0 Å². The van der Waals surface area contributed by atoms with Gasteiger partial charge in [0.1, 0.15) is 0 Å². The van der Waals surface area contributed by atoms with Crippen LogP contribution in [0.15, 0.2) is 0 Å². The third-order valence-electron chi connectivity index (χ3n) is 0. The average molecular weight is 1280 g/mol. The summed E-state index contributed by atoms with van der Waals surface area (Å²) in [7, 11) is 0. The van der Waals surface area contributed by atoms with Crippen molar-refractivity contribution in [2.75, 3.05) is 0 Å². The van der Waals surface area contributed by atoms with Crippen LogP contribution in [0.2, 0.25) is 0 Å². The average Bonchev–Trinajstić information content (AvgIpc) is 0.918. The molecule has 0 unspecified atom stereocenters. The van der Waals surface area contributed by atoms with E-state index in [4.69, 9.17) is 4.47 Å². The molecule has 0 fully saturated rings. The predicted octanol–water partition coefficient (Wildman–Crippen LogP) is -0.711. The molecule has 0 aromatic carbocycles. The molecule has 13 radical (unpaired) electrons.